The number of pyridine rings is 1. The van der Waals surface area contributed by atoms with Crippen molar-refractivity contribution in [2.75, 3.05) is 18.2 Å². The Hall–Kier alpha value is -2.63. The predicted octanol–water partition coefficient (Wildman–Crippen LogP) is 2.06. The van der Waals surface area contributed by atoms with Gasteiger partial charge in [0, 0.05) is 18.0 Å². The lowest BCUT2D eigenvalue weighted by molar-refractivity contribution is 0.102. The van der Waals surface area contributed by atoms with E-state index in [-0.39, 0.29) is 17.1 Å². The van der Waals surface area contributed by atoms with E-state index in [1.807, 2.05) is 0 Å². The Labute approximate surface area is 109 Å². The largest absolute Gasteiger partial charge is 0.494 e. The summed E-state index contributed by atoms with van der Waals surface area (Å²) in [5.41, 5.74) is 6.13. The number of nitrogens with one attached hydrogen (secondary N) is 1. The average molecular weight is 261 g/mol. The second kappa shape index (κ2) is 5.34. The fraction of sp³-hybridized carbons (Fsp3) is 0.0769. The van der Waals surface area contributed by atoms with Crippen LogP contribution < -0.4 is 15.8 Å². The van der Waals surface area contributed by atoms with E-state index >= 15 is 0 Å². The van der Waals surface area contributed by atoms with E-state index in [2.05, 4.69) is 10.3 Å². The first kappa shape index (κ1) is 12.8. The van der Waals surface area contributed by atoms with Crippen molar-refractivity contribution in [3.63, 3.8) is 0 Å². The van der Waals surface area contributed by atoms with Gasteiger partial charge < -0.3 is 15.8 Å². The van der Waals surface area contributed by atoms with Crippen molar-refractivity contribution in [3.05, 3.63) is 47.9 Å². The van der Waals surface area contributed by atoms with Crippen LogP contribution in [0.1, 0.15) is 10.4 Å². The van der Waals surface area contributed by atoms with Crippen molar-refractivity contribution in [2.24, 2.45) is 0 Å². The molecule has 1 aromatic carbocycles. The van der Waals surface area contributed by atoms with Gasteiger partial charge in [-0.25, -0.2) is 9.37 Å². The molecule has 1 heterocycles. The highest BCUT2D eigenvalue weighted by Crippen LogP contribution is 2.21. The summed E-state index contributed by atoms with van der Waals surface area (Å²) in [5.74, 6) is -0.775. The SMILES string of the molecule is COc1ccc(NC(=O)c2cccnc2N)cc1F. The van der Waals surface area contributed by atoms with Crippen LogP contribution in [0.4, 0.5) is 15.9 Å². The maximum Gasteiger partial charge on any atom is 0.259 e. The number of hydrogen-bond acceptors (Lipinski definition) is 4. The monoisotopic (exact) mass is 261 g/mol. The Morgan fingerprint density at radius 3 is 2.84 bits per heavy atom. The Morgan fingerprint density at radius 2 is 2.21 bits per heavy atom. The van der Waals surface area contributed by atoms with Crippen molar-refractivity contribution in [3.8, 4) is 5.75 Å². The van der Waals surface area contributed by atoms with Gasteiger partial charge in [0.25, 0.3) is 5.91 Å². The Morgan fingerprint density at radius 1 is 1.42 bits per heavy atom. The summed E-state index contributed by atoms with van der Waals surface area (Å²) in [6, 6.07) is 7.27. The molecule has 6 heteroatoms. The zero-order valence-electron chi connectivity index (χ0n) is 10.2. The number of halogens is 1. The molecular weight excluding hydrogens is 249 g/mol. The Bertz CT molecular complexity index is 617. The molecule has 5 nitrogen and oxygen atoms in total. The van der Waals surface area contributed by atoms with E-state index in [1.54, 1.807) is 6.07 Å². The highest BCUT2D eigenvalue weighted by Gasteiger charge is 2.11. The number of amides is 1. The highest BCUT2D eigenvalue weighted by atomic mass is 19.1. The normalized spacial score (nSPS) is 10.0. The van der Waals surface area contributed by atoms with Crippen LogP contribution in [0.15, 0.2) is 36.5 Å². The molecule has 0 fully saturated rings. The summed E-state index contributed by atoms with van der Waals surface area (Å²) in [7, 11) is 1.37. The minimum atomic E-state index is -0.556. The van der Waals surface area contributed by atoms with Crippen LogP contribution in [-0.2, 0) is 0 Å². The molecule has 19 heavy (non-hydrogen) atoms. The van der Waals surface area contributed by atoms with Crippen LogP contribution >= 0.6 is 0 Å². The number of hydrogen-bond donors (Lipinski definition) is 2. The molecule has 1 aromatic heterocycles. The molecule has 3 N–H and O–H groups in total. The third kappa shape index (κ3) is 2.79. The van der Waals surface area contributed by atoms with Gasteiger partial charge >= 0.3 is 0 Å². The van der Waals surface area contributed by atoms with Crippen LogP contribution in [0.3, 0.4) is 0 Å². The molecule has 0 spiro atoms. The third-order valence-corrected chi connectivity index (χ3v) is 2.49. The molecule has 1 amide bonds. The molecule has 2 aromatic rings. The lowest BCUT2D eigenvalue weighted by Gasteiger charge is -2.08. The summed E-state index contributed by atoms with van der Waals surface area (Å²) in [6.07, 6.45) is 1.49. The molecule has 98 valence electrons. The van der Waals surface area contributed by atoms with Gasteiger partial charge in [-0.05, 0) is 24.3 Å². The van der Waals surface area contributed by atoms with E-state index in [0.717, 1.165) is 0 Å². The summed E-state index contributed by atoms with van der Waals surface area (Å²) < 4.78 is 18.3. The zero-order valence-corrected chi connectivity index (χ0v) is 10.2. The van der Waals surface area contributed by atoms with Crippen molar-refractivity contribution in [1.82, 2.24) is 4.98 Å². The van der Waals surface area contributed by atoms with Crippen LogP contribution in [0.5, 0.6) is 5.75 Å². The van der Waals surface area contributed by atoms with E-state index in [1.165, 1.54) is 37.6 Å². The standard InChI is InChI=1S/C13H12FN3O2/c1-19-11-5-4-8(7-10(11)14)17-13(18)9-3-2-6-16-12(9)15/h2-7H,1H3,(H2,15,16)(H,17,18). The number of rotatable bonds is 3. The van der Waals surface area contributed by atoms with Gasteiger partial charge in [0.2, 0.25) is 0 Å². The summed E-state index contributed by atoms with van der Waals surface area (Å²) in [5, 5.41) is 2.54. The molecule has 0 atom stereocenters. The van der Waals surface area contributed by atoms with Crippen molar-refractivity contribution < 1.29 is 13.9 Å². The number of benzene rings is 1. The second-order valence-electron chi connectivity index (χ2n) is 3.74. The van der Waals surface area contributed by atoms with Crippen molar-refractivity contribution >= 4 is 17.4 Å². The lowest BCUT2D eigenvalue weighted by Crippen LogP contribution is -2.14. The van der Waals surface area contributed by atoms with E-state index in [9.17, 15) is 9.18 Å². The molecule has 0 saturated carbocycles. The van der Waals surface area contributed by atoms with Gasteiger partial charge in [0.05, 0.1) is 12.7 Å². The van der Waals surface area contributed by atoms with Gasteiger partial charge in [-0.3, -0.25) is 4.79 Å². The number of ether oxygens (including phenoxy) is 1. The van der Waals surface area contributed by atoms with E-state index < -0.39 is 11.7 Å². The number of nitrogens with zero attached hydrogens (tertiary/aromatic N) is 1. The lowest BCUT2D eigenvalue weighted by atomic mass is 10.2. The van der Waals surface area contributed by atoms with Gasteiger partial charge in [0.1, 0.15) is 5.82 Å². The third-order valence-electron chi connectivity index (χ3n) is 2.49. The van der Waals surface area contributed by atoms with Crippen LogP contribution in [0, 0.1) is 5.82 Å². The first-order valence-electron chi connectivity index (χ1n) is 5.47. The number of carbonyl (C=O) groups excluding carboxylic acids is 1. The maximum atomic E-state index is 13.5. The predicted molar refractivity (Wildman–Crippen MR) is 69.6 cm³/mol. The fourth-order valence-corrected chi connectivity index (χ4v) is 1.55. The van der Waals surface area contributed by atoms with Gasteiger partial charge in [-0.2, -0.15) is 0 Å². The summed E-state index contributed by atoms with van der Waals surface area (Å²) in [4.78, 5) is 15.7. The first-order chi connectivity index (χ1) is 9.11. The minimum absolute atomic E-state index is 0.110. The number of methoxy groups -OCH3 is 1. The Kier molecular flexibility index (Phi) is 3.61. The number of aromatic nitrogens is 1. The molecule has 2 rings (SSSR count). The van der Waals surface area contributed by atoms with Crippen LogP contribution in [0.2, 0.25) is 0 Å². The maximum absolute atomic E-state index is 13.5. The van der Waals surface area contributed by atoms with Crippen molar-refractivity contribution in [2.45, 2.75) is 0 Å². The van der Waals surface area contributed by atoms with Crippen LogP contribution in [-0.4, -0.2) is 18.0 Å². The molecule has 0 aliphatic carbocycles. The molecule has 0 radical (unpaired) electrons. The molecule has 0 saturated heterocycles. The number of nitrogen functional groups attached to an aromatic ring is 1. The fourth-order valence-electron chi connectivity index (χ4n) is 1.55. The topological polar surface area (TPSA) is 77.2 Å². The highest BCUT2D eigenvalue weighted by molar-refractivity contribution is 6.07. The molecular formula is C13H12FN3O2. The van der Waals surface area contributed by atoms with Gasteiger partial charge in [-0.1, -0.05) is 0 Å². The molecule has 0 aliphatic heterocycles. The average Bonchev–Trinajstić information content (AvgIpc) is 2.39. The molecule has 0 unspecified atom stereocenters. The second-order valence-corrected chi connectivity index (χ2v) is 3.74. The Balaban J connectivity index is 2.20. The zero-order chi connectivity index (χ0) is 13.8. The number of nitrogens with two attached hydrogens (primary N) is 1. The van der Waals surface area contributed by atoms with Crippen LogP contribution in [0.25, 0.3) is 0 Å². The van der Waals surface area contributed by atoms with Crippen molar-refractivity contribution in [1.29, 1.82) is 0 Å². The minimum Gasteiger partial charge on any atom is -0.494 e. The smallest absolute Gasteiger partial charge is 0.259 e. The summed E-state index contributed by atoms with van der Waals surface area (Å²) in [6.45, 7) is 0. The van der Waals surface area contributed by atoms with Gasteiger partial charge in [-0.15, -0.1) is 0 Å². The number of carbonyl (C=O) groups is 1. The van der Waals surface area contributed by atoms with E-state index in [4.69, 9.17) is 10.5 Å². The van der Waals surface area contributed by atoms with Gasteiger partial charge in [0.15, 0.2) is 11.6 Å². The number of anilines is 2. The summed E-state index contributed by atoms with van der Waals surface area (Å²) >= 11 is 0. The first-order valence-corrected chi connectivity index (χ1v) is 5.47. The quantitative estimate of drug-likeness (QED) is 0.886. The van der Waals surface area contributed by atoms with E-state index in [0.29, 0.717) is 5.69 Å². The molecule has 0 aliphatic rings. The molecule has 0 bridgehead atoms.